The van der Waals surface area contributed by atoms with Gasteiger partial charge in [0.15, 0.2) is 0 Å². The Bertz CT molecular complexity index is 890. The molecular formula is C21H34F3N5O5Si. The summed E-state index contributed by atoms with van der Waals surface area (Å²) in [5, 5.41) is 6.96. The van der Waals surface area contributed by atoms with Gasteiger partial charge >= 0.3 is 12.1 Å². The molecule has 1 unspecified atom stereocenters. The molecule has 2 aliphatic heterocycles. The molecule has 2 heterocycles. The molecule has 0 aromatic carbocycles. The third kappa shape index (κ3) is 7.18. The van der Waals surface area contributed by atoms with Crippen LogP contribution in [-0.2, 0) is 24.0 Å². The number of hydrogen-bond acceptors (Lipinski definition) is 5. The molecule has 0 bridgehead atoms. The van der Waals surface area contributed by atoms with Crippen molar-refractivity contribution in [2.45, 2.75) is 77.1 Å². The predicted molar refractivity (Wildman–Crippen MR) is 122 cm³/mol. The van der Waals surface area contributed by atoms with Gasteiger partial charge in [0.25, 0.3) is 0 Å². The molecular weight excluding hydrogens is 487 g/mol. The molecule has 4 atom stereocenters. The van der Waals surface area contributed by atoms with Crippen molar-refractivity contribution in [1.29, 1.82) is 0 Å². The van der Waals surface area contributed by atoms with Crippen LogP contribution in [0, 0.1) is 11.3 Å². The van der Waals surface area contributed by atoms with Crippen molar-refractivity contribution in [3.63, 3.8) is 0 Å². The topological polar surface area (TPSA) is 151 Å². The molecule has 2 aliphatic rings. The number of halogens is 3. The minimum absolute atomic E-state index is 0.000645. The second-order valence-corrected chi connectivity index (χ2v) is 16.1. The van der Waals surface area contributed by atoms with Gasteiger partial charge in [0, 0.05) is 18.6 Å². The summed E-state index contributed by atoms with van der Waals surface area (Å²) in [6.07, 6.45) is -4.51. The monoisotopic (exact) mass is 521 g/mol. The van der Waals surface area contributed by atoms with Crippen LogP contribution in [0.15, 0.2) is 0 Å². The fraction of sp³-hybridized carbons (Fsp3) is 0.762. The lowest BCUT2D eigenvalue weighted by Crippen LogP contribution is -2.60. The summed E-state index contributed by atoms with van der Waals surface area (Å²) in [7, 11) is -2.17. The number of hydrogen-bond donors (Lipinski definition) is 4. The number of amides is 5. The molecule has 2 saturated heterocycles. The van der Waals surface area contributed by atoms with Crippen LogP contribution in [0.25, 0.3) is 0 Å². The summed E-state index contributed by atoms with van der Waals surface area (Å²) < 4.78 is 38.7. The summed E-state index contributed by atoms with van der Waals surface area (Å²) in [6.45, 7) is 8.83. The molecule has 5 amide bonds. The summed E-state index contributed by atoms with van der Waals surface area (Å²) in [5.74, 6) is -5.30. The van der Waals surface area contributed by atoms with E-state index in [0.29, 0.717) is 19.0 Å². The number of nitrogens with one attached hydrogen (secondary N) is 3. The standard InChI is InChI=1S/C21H34F3N5O5Si/c1-20(2,3)14(28-19(34)21(22,23)24)18(33)29-10-35(4,5)9-13(29)17(32)27-12(15(25)30)8-11-6-7-26-16(11)31/h11-14H,6-10H2,1-5H3,(H2,25,30)(H,26,31)(H,27,32)(H,28,34)/t11-,12-,13-,14?/m0/s1. The smallest absolute Gasteiger partial charge is 0.368 e. The van der Waals surface area contributed by atoms with Crippen LogP contribution in [0.4, 0.5) is 13.2 Å². The lowest BCUT2D eigenvalue weighted by atomic mass is 9.85. The Kier molecular flexibility index (Phi) is 8.29. The van der Waals surface area contributed by atoms with Crippen molar-refractivity contribution < 1.29 is 37.1 Å². The van der Waals surface area contributed by atoms with Gasteiger partial charge in [0.1, 0.15) is 18.1 Å². The van der Waals surface area contributed by atoms with Gasteiger partial charge in [0.05, 0.1) is 8.07 Å². The Morgan fingerprint density at radius 3 is 2.23 bits per heavy atom. The van der Waals surface area contributed by atoms with Gasteiger partial charge in [-0.05, 0) is 24.3 Å². The van der Waals surface area contributed by atoms with Gasteiger partial charge in [-0.2, -0.15) is 13.2 Å². The van der Waals surface area contributed by atoms with E-state index in [2.05, 4.69) is 10.6 Å². The van der Waals surface area contributed by atoms with E-state index in [9.17, 15) is 37.1 Å². The van der Waals surface area contributed by atoms with E-state index in [1.165, 1.54) is 25.7 Å². The first-order valence-corrected chi connectivity index (χ1v) is 14.8. The SMILES string of the molecule is CC(C)(C)C(NC(=O)C(F)(F)F)C(=O)N1C[Si](C)(C)C[C@H]1C(=O)N[C@@H](C[C@@H]1CCNC1=O)C(N)=O. The number of rotatable bonds is 7. The Hall–Kier alpha value is -2.64. The largest absolute Gasteiger partial charge is 0.471 e. The first-order chi connectivity index (χ1) is 15.8. The third-order valence-corrected chi connectivity index (χ3v) is 8.98. The van der Waals surface area contributed by atoms with Crippen molar-refractivity contribution in [2.24, 2.45) is 17.1 Å². The summed E-state index contributed by atoms with van der Waals surface area (Å²) in [5.41, 5.74) is 4.36. The van der Waals surface area contributed by atoms with Crippen LogP contribution in [-0.4, -0.2) is 79.5 Å². The van der Waals surface area contributed by atoms with Gasteiger partial charge in [0.2, 0.25) is 23.6 Å². The molecule has 2 rings (SSSR count). The predicted octanol–water partition coefficient (Wildman–Crippen LogP) is 0.0343. The molecule has 10 nitrogen and oxygen atoms in total. The van der Waals surface area contributed by atoms with E-state index >= 15 is 0 Å². The molecule has 0 aromatic heterocycles. The van der Waals surface area contributed by atoms with Crippen molar-refractivity contribution in [1.82, 2.24) is 20.9 Å². The zero-order valence-electron chi connectivity index (χ0n) is 20.5. The number of primary amides is 1. The first-order valence-electron chi connectivity index (χ1n) is 11.4. The zero-order valence-corrected chi connectivity index (χ0v) is 21.5. The van der Waals surface area contributed by atoms with Crippen molar-refractivity contribution in [2.75, 3.05) is 12.7 Å². The molecule has 2 fully saturated rings. The van der Waals surface area contributed by atoms with Crippen LogP contribution < -0.4 is 21.7 Å². The first kappa shape index (κ1) is 28.6. The van der Waals surface area contributed by atoms with Gasteiger partial charge in [-0.15, -0.1) is 0 Å². The van der Waals surface area contributed by atoms with Gasteiger partial charge in [-0.1, -0.05) is 33.9 Å². The van der Waals surface area contributed by atoms with Crippen LogP contribution in [0.5, 0.6) is 0 Å². The van der Waals surface area contributed by atoms with Crippen LogP contribution in [0.1, 0.15) is 33.6 Å². The normalized spacial score (nSPS) is 23.9. The van der Waals surface area contributed by atoms with Crippen LogP contribution >= 0.6 is 0 Å². The number of nitrogens with two attached hydrogens (primary N) is 1. The quantitative estimate of drug-likeness (QED) is 0.349. The van der Waals surface area contributed by atoms with Crippen molar-refractivity contribution >= 4 is 37.6 Å². The average Bonchev–Trinajstić information content (AvgIpc) is 3.25. The van der Waals surface area contributed by atoms with Crippen LogP contribution in [0.3, 0.4) is 0 Å². The Morgan fingerprint density at radius 1 is 1.17 bits per heavy atom. The number of carbonyl (C=O) groups excluding carboxylic acids is 5. The Balaban J connectivity index is 2.26. The summed E-state index contributed by atoms with van der Waals surface area (Å²) in [6, 6.07) is -3.42. The maximum Gasteiger partial charge on any atom is 0.471 e. The molecule has 0 saturated carbocycles. The van der Waals surface area contributed by atoms with E-state index in [4.69, 9.17) is 5.73 Å². The highest BCUT2D eigenvalue weighted by Crippen LogP contribution is 2.31. The third-order valence-electron chi connectivity index (χ3n) is 6.30. The zero-order chi connectivity index (χ0) is 26.9. The van der Waals surface area contributed by atoms with Crippen LogP contribution in [0.2, 0.25) is 19.1 Å². The molecule has 0 aromatic rings. The molecule has 0 aliphatic carbocycles. The lowest BCUT2D eigenvalue weighted by Gasteiger charge is -2.36. The number of carbonyl (C=O) groups is 5. The van der Waals surface area contributed by atoms with Gasteiger partial charge < -0.3 is 26.6 Å². The van der Waals surface area contributed by atoms with Gasteiger partial charge in [-0.25, -0.2) is 0 Å². The lowest BCUT2D eigenvalue weighted by molar-refractivity contribution is -0.176. The summed E-state index contributed by atoms with van der Waals surface area (Å²) in [4.78, 5) is 63.4. The summed E-state index contributed by atoms with van der Waals surface area (Å²) >= 11 is 0. The molecule has 5 N–H and O–H groups in total. The maximum absolute atomic E-state index is 13.4. The Morgan fingerprint density at radius 2 is 1.77 bits per heavy atom. The molecule has 0 radical (unpaired) electrons. The van der Waals surface area contributed by atoms with E-state index in [1.54, 1.807) is 5.32 Å². The number of alkyl halides is 3. The highest BCUT2D eigenvalue weighted by Gasteiger charge is 2.50. The van der Waals surface area contributed by atoms with E-state index in [1.807, 2.05) is 13.1 Å². The minimum atomic E-state index is -5.18. The van der Waals surface area contributed by atoms with Gasteiger partial charge in [-0.3, -0.25) is 24.0 Å². The second-order valence-electron chi connectivity index (χ2n) is 11.1. The van der Waals surface area contributed by atoms with E-state index in [-0.39, 0.29) is 18.5 Å². The molecule has 0 spiro atoms. The molecule has 35 heavy (non-hydrogen) atoms. The maximum atomic E-state index is 13.4. The van der Waals surface area contributed by atoms with E-state index in [0.717, 1.165) is 0 Å². The average molecular weight is 522 g/mol. The van der Waals surface area contributed by atoms with E-state index < -0.39 is 67.3 Å². The number of nitrogens with zero attached hydrogens (tertiary/aromatic N) is 1. The molecule has 14 heteroatoms. The fourth-order valence-corrected chi connectivity index (χ4v) is 7.31. The molecule has 198 valence electrons. The second kappa shape index (κ2) is 10.2. The fourth-order valence-electron chi connectivity index (χ4n) is 4.43. The van der Waals surface area contributed by atoms with Crippen molar-refractivity contribution in [3.05, 3.63) is 0 Å². The van der Waals surface area contributed by atoms with Crippen molar-refractivity contribution in [3.8, 4) is 0 Å². The highest BCUT2D eigenvalue weighted by molar-refractivity contribution is 6.79. The highest BCUT2D eigenvalue weighted by atomic mass is 28.3. The minimum Gasteiger partial charge on any atom is -0.368 e. The Labute approximate surface area is 202 Å².